The first-order chi connectivity index (χ1) is 17.5. The number of halogens is 4. The second kappa shape index (κ2) is 13.0. The minimum absolute atomic E-state index is 0.226. The third kappa shape index (κ3) is 8.34. The van der Waals surface area contributed by atoms with Gasteiger partial charge in [-0.3, -0.25) is 9.10 Å². The van der Waals surface area contributed by atoms with Crippen LogP contribution in [0.3, 0.4) is 0 Å². The van der Waals surface area contributed by atoms with Gasteiger partial charge in [0.05, 0.1) is 39.8 Å². The minimum atomic E-state index is -3.71. The standard InChI is InChI=1S/C24H21Br2Cl2N3O5S/c1-35-22-10-16(8-19(26)24(22)36-14-15-6-7-20(27)21(28)9-15)12-29-30-23(32)13-31(37(2,33)34)18-5-3-4-17(25)11-18/h3-12H,13-14H2,1-2H3,(H,30,32)/b29-12-. The van der Waals surface area contributed by atoms with E-state index in [1.165, 1.54) is 13.3 Å². The maximum Gasteiger partial charge on any atom is 0.260 e. The van der Waals surface area contributed by atoms with Gasteiger partial charge in [-0.2, -0.15) is 5.10 Å². The Balaban J connectivity index is 1.68. The molecular weight excluding hydrogens is 673 g/mol. The normalized spacial score (nSPS) is 11.4. The molecule has 3 aromatic rings. The van der Waals surface area contributed by atoms with Gasteiger partial charge in [0.25, 0.3) is 5.91 Å². The lowest BCUT2D eigenvalue weighted by Crippen LogP contribution is -2.39. The fourth-order valence-corrected chi connectivity index (χ4v) is 5.25. The van der Waals surface area contributed by atoms with Crippen LogP contribution in [0.1, 0.15) is 11.1 Å². The molecule has 1 N–H and O–H groups in total. The lowest BCUT2D eigenvalue weighted by atomic mass is 10.2. The van der Waals surface area contributed by atoms with E-state index in [1.54, 1.807) is 54.6 Å². The molecule has 0 saturated carbocycles. The van der Waals surface area contributed by atoms with E-state index in [9.17, 15) is 13.2 Å². The van der Waals surface area contributed by atoms with Gasteiger partial charge in [0.2, 0.25) is 10.0 Å². The molecule has 0 spiro atoms. The Morgan fingerprint density at radius 2 is 1.86 bits per heavy atom. The highest BCUT2D eigenvalue weighted by Crippen LogP contribution is 2.37. The topological polar surface area (TPSA) is 97.3 Å². The third-order valence-electron chi connectivity index (χ3n) is 4.81. The molecular formula is C24H21Br2Cl2N3O5S. The van der Waals surface area contributed by atoms with E-state index in [-0.39, 0.29) is 6.61 Å². The highest BCUT2D eigenvalue weighted by atomic mass is 79.9. The van der Waals surface area contributed by atoms with E-state index in [0.29, 0.717) is 41.7 Å². The van der Waals surface area contributed by atoms with Crippen molar-refractivity contribution in [2.45, 2.75) is 6.61 Å². The zero-order chi connectivity index (χ0) is 27.2. The Morgan fingerprint density at radius 1 is 1.11 bits per heavy atom. The van der Waals surface area contributed by atoms with Gasteiger partial charge in [-0.05, 0) is 69.5 Å². The van der Waals surface area contributed by atoms with Crippen LogP contribution in [0.4, 0.5) is 5.69 Å². The van der Waals surface area contributed by atoms with Crippen molar-refractivity contribution in [3.63, 3.8) is 0 Å². The molecule has 0 unspecified atom stereocenters. The molecule has 13 heteroatoms. The summed E-state index contributed by atoms with van der Waals surface area (Å²) >= 11 is 18.8. The van der Waals surface area contributed by atoms with Gasteiger partial charge in [0.1, 0.15) is 13.2 Å². The first-order valence-corrected chi connectivity index (χ1v) is 14.7. The molecule has 8 nitrogen and oxygen atoms in total. The number of hydrogen-bond donors (Lipinski definition) is 1. The van der Waals surface area contributed by atoms with Crippen LogP contribution in [-0.4, -0.2) is 40.4 Å². The summed E-state index contributed by atoms with van der Waals surface area (Å²) < 4.78 is 38.1. The predicted octanol–water partition coefficient (Wildman–Crippen LogP) is 6.02. The lowest BCUT2D eigenvalue weighted by Gasteiger charge is -2.21. The van der Waals surface area contributed by atoms with Crippen molar-refractivity contribution < 1.29 is 22.7 Å². The minimum Gasteiger partial charge on any atom is -0.493 e. The first-order valence-electron chi connectivity index (χ1n) is 10.5. The van der Waals surface area contributed by atoms with E-state index < -0.39 is 22.5 Å². The molecule has 0 heterocycles. The third-order valence-corrected chi connectivity index (χ3v) is 7.77. The number of nitrogens with one attached hydrogen (secondary N) is 1. The van der Waals surface area contributed by atoms with Crippen LogP contribution in [0.2, 0.25) is 10.0 Å². The Bertz CT molecular complexity index is 1440. The Labute approximate surface area is 241 Å². The zero-order valence-electron chi connectivity index (χ0n) is 19.5. The Hall–Kier alpha value is -2.31. The lowest BCUT2D eigenvalue weighted by molar-refractivity contribution is -0.119. The molecule has 0 aliphatic rings. The van der Waals surface area contributed by atoms with E-state index in [2.05, 4.69) is 42.4 Å². The van der Waals surface area contributed by atoms with Crippen molar-refractivity contribution in [2.75, 3.05) is 24.2 Å². The zero-order valence-corrected chi connectivity index (χ0v) is 25.0. The Morgan fingerprint density at radius 3 is 2.51 bits per heavy atom. The Kier molecular flexibility index (Phi) is 10.3. The quantitative estimate of drug-likeness (QED) is 0.207. The summed E-state index contributed by atoms with van der Waals surface area (Å²) in [5.74, 6) is 0.280. The SMILES string of the molecule is COc1cc(/C=N\NC(=O)CN(c2cccc(Br)c2)S(C)(=O)=O)cc(Br)c1OCc1ccc(Cl)c(Cl)c1. The fourth-order valence-electron chi connectivity index (χ4n) is 3.12. The monoisotopic (exact) mass is 691 g/mol. The maximum atomic E-state index is 12.4. The van der Waals surface area contributed by atoms with Crippen LogP contribution >= 0.6 is 55.1 Å². The number of benzene rings is 3. The summed E-state index contributed by atoms with van der Waals surface area (Å²) in [7, 11) is -2.21. The summed E-state index contributed by atoms with van der Waals surface area (Å²) in [4.78, 5) is 12.4. The van der Waals surface area contributed by atoms with Gasteiger partial charge in [-0.1, -0.05) is 51.3 Å². The van der Waals surface area contributed by atoms with E-state index in [0.717, 1.165) is 16.1 Å². The molecule has 0 atom stereocenters. The van der Waals surface area contributed by atoms with Crippen LogP contribution in [0.25, 0.3) is 0 Å². The summed E-state index contributed by atoms with van der Waals surface area (Å²) in [6.45, 7) is -0.217. The molecule has 0 saturated heterocycles. The number of anilines is 1. The van der Waals surface area contributed by atoms with Crippen molar-refractivity contribution in [2.24, 2.45) is 5.10 Å². The van der Waals surface area contributed by atoms with E-state index in [4.69, 9.17) is 32.7 Å². The summed E-state index contributed by atoms with van der Waals surface area (Å²) in [5, 5.41) is 4.83. The van der Waals surface area contributed by atoms with Crippen LogP contribution in [0.15, 0.2) is 68.6 Å². The molecule has 3 rings (SSSR count). The predicted molar refractivity (Wildman–Crippen MR) is 154 cm³/mol. The summed E-state index contributed by atoms with van der Waals surface area (Å²) in [5.41, 5.74) is 4.11. The number of hydrogen-bond acceptors (Lipinski definition) is 6. The van der Waals surface area contributed by atoms with Gasteiger partial charge in [-0.15, -0.1) is 0 Å². The maximum absolute atomic E-state index is 12.4. The van der Waals surface area contributed by atoms with Crippen molar-refractivity contribution in [3.8, 4) is 11.5 Å². The average molecular weight is 694 g/mol. The molecule has 37 heavy (non-hydrogen) atoms. The number of sulfonamides is 1. The number of amides is 1. The van der Waals surface area contributed by atoms with E-state index in [1.807, 2.05) is 0 Å². The highest BCUT2D eigenvalue weighted by Gasteiger charge is 2.21. The van der Waals surface area contributed by atoms with Crippen molar-refractivity contribution in [1.29, 1.82) is 0 Å². The summed E-state index contributed by atoms with van der Waals surface area (Å²) in [6, 6.07) is 15.2. The number of methoxy groups -OCH3 is 1. The molecule has 0 aromatic heterocycles. The fraction of sp³-hybridized carbons (Fsp3) is 0.167. The average Bonchev–Trinajstić information content (AvgIpc) is 2.83. The van der Waals surface area contributed by atoms with Crippen LogP contribution in [-0.2, 0) is 21.4 Å². The van der Waals surface area contributed by atoms with Crippen molar-refractivity contribution in [1.82, 2.24) is 5.43 Å². The smallest absolute Gasteiger partial charge is 0.260 e. The van der Waals surface area contributed by atoms with Gasteiger partial charge in [-0.25, -0.2) is 13.8 Å². The number of carbonyl (C=O) groups is 1. The second-order valence-corrected chi connectivity index (χ2v) is 12.1. The summed E-state index contributed by atoms with van der Waals surface area (Å²) in [6.07, 6.45) is 2.43. The van der Waals surface area contributed by atoms with Gasteiger partial charge in [0, 0.05) is 4.47 Å². The first kappa shape index (κ1) is 29.2. The number of rotatable bonds is 10. The molecule has 0 radical (unpaired) electrons. The molecule has 196 valence electrons. The van der Waals surface area contributed by atoms with Crippen molar-refractivity contribution >= 4 is 82.9 Å². The number of ether oxygens (including phenoxy) is 2. The molecule has 0 aliphatic carbocycles. The van der Waals surface area contributed by atoms with Crippen LogP contribution in [0, 0.1) is 0 Å². The molecule has 0 bridgehead atoms. The largest absolute Gasteiger partial charge is 0.493 e. The number of carbonyl (C=O) groups excluding carboxylic acids is 1. The number of nitrogens with zero attached hydrogens (tertiary/aromatic N) is 2. The molecule has 0 fully saturated rings. The molecule has 3 aromatic carbocycles. The van der Waals surface area contributed by atoms with Gasteiger partial charge >= 0.3 is 0 Å². The van der Waals surface area contributed by atoms with Crippen molar-refractivity contribution in [3.05, 3.63) is 84.7 Å². The molecule has 1 amide bonds. The van der Waals surface area contributed by atoms with Gasteiger partial charge < -0.3 is 9.47 Å². The van der Waals surface area contributed by atoms with Crippen LogP contribution in [0.5, 0.6) is 11.5 Å². The number of hydrazone groups is 1. The highest BCUT2D eigenvalue weighted by molar-refractivity contribution is 9.10. The van der Waals surface area contributed by atoms with Crippen LogP contribution < -0.4 is 19.2 Å². The van der Waals surface area contributed by atoms with E-state index >= 15 is 0 Å². The second-order valence-electron chi connectivity index (χ2n) is 7.61. The molecule has 0 aliphatic heterocycles. The van der Waals surface area contributed by atoms with Gasteiger partial charge in [0.15, 0.2) is 11.5 Å².